The van der Waals surface area contributed by atoms with Crippen LogP contribution in [0.4, 0.5) is 5.69 Å². The van der Waals surface area contributed by atoms with Gasteiger partial charge in [0.05, 0.1) is 0 Å². The van der Waals surface area contributed by atoms with E-state index in [4.69, 9.17) is 0 Å². The van der Waals surface area contributed by atoms with E-state index in [2.05, 4.69) is 72.3 Å². The molecular weight excluding hydrogens is 280 g/mol. The summed E-state index contributed by atoms with van der Waals surface area (Å²) in [4.78, 5) is 5.19. The zero-order valence-corrected chi connectivity index (χ0v) is 14.2. The molecule has 0 N–H and O–H groups in total. The number of hydrogen-bond acceptors (Lipinski definition) is 2. The molecule has 0 unspecified atom stereocenters. The SMILES string of the molecule is Cc1ccc2c(c1)[C@H]1CN(C)CCC[C@@H]1N2Cc1ccccc1. The van der Waals surface area contributed by atoms with Crippen LogP contribution < -0.4 is 4.90 Å². The van der Waals surface area contributed by atoms with E-state index in [-0.39, 0.29) is 0 Å². The summed E-state index contributed by atoms with van der Waals surface area (Å²) in [5, 5.41) is 0. The largest absolute Gasteiger partial charge is 0.363 e. The first kappa shape index (κ1) is 14.8. The van der Waals surface area contributed by atoms with Gasteiger partial charge in [0.2, 0.25) is 0 Å². The number of likely N-dealkylation sites (tertiary alicyclic amines) is 1. The molecule has 23 heavy (non-hydrogen) atoms. The molecule has 2 aliphatic heterocycles. The van der Waals surface area contributed by atoms with Crippen molar-refractivity contribution in [3.05, 3.63) is 65.2 Å². The van der Waals surface area contributed by atoms with Gasteiger partial charge in [-0.05, 0) is 50.6 Å². The van der Waals surface area contributed by atoms with Gasteiger partial charge in [-0.25, -0.2) is 0 Å². The van der Waals surface area contributed by atoms with Crippen LogP contribution in [0, 0.1) is 6.92 Å². The van der Waals surface area contributed by atoms with E-state index in [1.807, 2.05) is 0 Å². The first-order valence-electron chi connectivity index (χ1n) is 8.82. The van der Waals surface area contributed by atoms with Crippen molar-refractivity contribution < 1.29 is 0 Å². The van der Waals surface area contributed by atoms with Crippen molar-refractivity contribution in [1.29, 1.82) is 0 Å². The average molecular weight is 306 g/mol. The second kappa shape index (κ2) is 6.01. The number of anilines is 1. The molecule has 0 spiro atoms. The van der Waals surface area contributed by atoms with Gasteiger partial charge in [-0.15, -0.1) is 0 Å². The molecule has 0 saturated carbocycles. The fourth-order valence-corrected chi connectivity index (χ4v) is 4.39. The Balaban J connectivity index is 1.73. The van der Waals surface area contributed by atoms with Crippen molar-refractivity contribution >= 4 is 5.69 Å². The second-order valence-electron chi connectivity index (χ2n) is 7.25. The van der Waals surface area contributed by atoms with Gasteiger partial charge in [0.25, 0.3) is 0 Å². The van der Waals surface area contributed by atoms with Crippen LogP contribution in [-0.4, -0.2) is 31.1 Å². The predicted octanol–water partition coefficient (Wildman–Crippen LogP) is 4.19. The molecule has 2 aromatic carbocycles. The Morgan fingerprint density at radius 2 is 1.91 bits per heavy atom. The highest BCUT2D eigenvalue weighted by Crippen LogP contribution is 2.45. The monoisotopic (exact) mass is 306 g/mol. The molecule has 2 nitrogen and oxygen atoms in total. The Bertz CT molecular complexity index is 679. The maximum absolute atomic E-state index is 2.67. The summed E-state index contributed by atoms with van der Waals surface area (Å²) in [5.74, 6) is 0.654. The van der Waals surface area contributed by atoms with Gasteiger partial charge < -0.3 is 9.80 Å². The van der Waals surface area contributed by atoms with Crippen LogP contribution in [0.1, 0.15) is 35.4 Å². The van der Waals surface area contributed by atoms with E-state index < -0.39 is 0 Å². The van der Waals surface area contributed by atoms with Crippen LogP contribution in [-0.2, 0) is 6.54 Å². The number of hydrogen-bond donors (Lipinski definition) is 0. The summed E-state index contributed by atoms with van der Waals surface area (Å²) in [6.45, 7) is 5.66. The number of likely N-dealkylation sites (N-methyl/N-ethyl adjacent to an activating group) is 1. The highest BCUT2D eigenvalue weighted by molar-refractivity contribution is 5.63. The lowest BCUT2D eigenvalue weighted by atomic mass is 9.92. The van der Waals surface area contributed by atoms with Crippen LogP contribution in [0.25, 0.3) is 0 Å². The van der Waals surface area contributed by atoms with Gasteiger partial charge in [-0.3, -0.25) is 0 Å². The molecular formula is C21H26N2. The maximum Gasteiger partial charge on any atom is 0.0432 e. The molecule has 1 saturated heterocycles. The number of fused-ring (bicyclic) bond motifs is 3. The third-order valence-electron chi connectivity index (χ3n) is 5.50. The lowest BCUT2D eigenvalue weighted by Gasteiger charge is -2.30. The van der Waals surface area contributed by atoms with Crippen LogP contribution in [0.15, 0.2) is 48.5 Å². The second-order valence-corrected chi connectivity index (χ2v) is 7.25. The lowest BCUT2D eigenvalue weighted by molar-refractivity contribution is 0.330. The predicted molar refractivity (Wildman–Crippen MR) is 97.1 cm³/mol. The average Bonchev–Trinajstić information content (AvgIpc) is 2.70. The molecule has 2 atom stereocenters. The summed E-state index contributed by atoms with van der Waals surface area (Å²) in [6.07, 6.45) is 2.60. The van der Waals surface area contributed by atoms with Gasteiger partial charge in [0.15, 0.2) is 0 Å². The van der Waals surface area contributed by atoms with E-state index in [0.717, 1.165) is 6.54 Å². The summed E-state index contributed by atoms with van der Waals surface area (Å²) in [7, 11) is 2.28. The number of benzene rings is 2. The fraction of sp³-hybridized carbons (Fsp3) is 0.429. The Morgan fingerprint density at radius 1 is 1.09 bits per heavy atom. The first-order chi connectivity index (χ1) is 11.2. The van der Waals surface area contributed by atoms with E-state index in [9.17, 15) is 0 Å². The molecule has 2 aromatic rings. The first-order valence-corrected chi connectivity index (χ1v) is 8.82. The Labute approximate surface area is 139 Å². The van der Waals surface area contributed by atoms with E-state index in [1.165, 1.54) is 42.7 Å². The smallest absolute Gasteiger partial charge is 0.0432 e. The van der Waals surface area contributed by atoms with Gasteiger partial charge >= 0.3 is 0 Å². The van der Waals surface area contributed by atoms with Gasteiger partial charge in [0.1, 0.15) is 0 Å². The van der Waals surface area contributed by atoms with Crippen molar-refractivity contribution in [2.45, 2.75) is 38.3 Å². The molecule has 4 rings (SSSR count). The molecule has 120 valence electrons. The zero-order valence-electron chi connectivity index (χ0n) is 14.2. The van der Waals surface area contributed by atoms with Crippen LogP contribution in [0.5, 0.6) is 0 Å². The van der Waals surface area contributed by atoms with Crippen LogP contribution in [0.2, 0.25) is 0 Å². The third-order valence-corrected chi connectivity index (χ3v) is 5.50. The maximum atomic E-state index is 2.67. The minimum atomic E-state index is 0.650. The van der Waals surface area contributed by atoms with Gasteiger partial charge in [0, 0.05) is 30.7 Å². The van der Waals surface area contributed by atoms with E-state index in [0.29, 0.717) is 12.0 Å². The summed E-state index contributed by atoms with van der Waals surface area (Å²) >= 11 is 0. The van der Waals surface area contributed by atoms with Crippen molar-refractivity contribution in [2.24, 2.45) is 0 Å². The molecule has 0 radical (unpaired) electrons. The highest BCUT2D eigenvalue weighted by Gasteiger charge is 2.39. The van der Waals surface area contributed by atoms with Crippen molar-refractivity contribution in [2.75, 3.05) is 25.0 Å². The molecule has 0 aromatic heterocycles. The van der Waals surface area contributed by atoms with Crippen molar-refractivity contribution in [1.82, 2.24) is 4.90 Å². The number of rotatable bonds is 2. The summed E-state index contributed by atoms with van der Waals surface area (Å²) in [6, 6.07) is 18.6. The van der Waals surface area contributed by atoms with Crippen LogP contribution >= 0.6 is 0 Å². The van der Waals surface area contributed by atoms with E-state index in [1.54, 1.807) is 5.56 Å². The van der Waals surface area contributed by atoms with Crippen molar-refractivity contribution in [3.8, 4) is 0 Å². The number of aryl methyl sites for hydroxylation is 1. The molecule has 1 fully saturated rings. The van der Waals surface area contributed by atoms with Crippen LogP contribution in [0.3, 0.4) is 0 Å². The molecule has 0 bridgehead atoms. The van der Waals surface area contributed by atoms with E-state index >= 15 is 0 Å². The minimum Gasteiger partial charge on any atom is -0.363 e. The summed E-state index contributed by atoms with van der Waals surface area (Å²) in [5.41, 5.74) is 5.83. The minimum absolute atomic E-state index is 0.650. The molecule has 2 heterocycles. The topological polar surface area (TPSA) is 6.48 Å². The lowest BCUT2D eigenvalue weighted by Crippen LogP contribution is -2.35. The molecule has 2 heteroatoms. The van der Waals surface area contributed by atoms with Crippen molar-refractivity contribution in [3.63, 3.8) is 0 Å². The summed E-state index contributed by atoms with van der Waals surface area (Å²) < 4.78 is 0. The third kappa shape index (κ3) is 2.76. The Kier molecular flexibility index (Phi) is 3.86. The number of nitrogens with zero attached hydrogens (tertiary/aromatic N) is 2. The fourth-order valence-electron chi connectivity index (χ4n) is 4.39. The quantitative estimate of drug-likeness (QED) is 0.821. The standard InChI is InChI=1S/C21H26N2/c1-16-10-11-21-18(13-16)19-15-22(2)12-6-9-20(19)23(21)14-17-7-4-3-5-8-17/h3-5,7-8,10-11,13,19-20H,6,9,12,14-15H2,1-2H3/t19-,20+/m1/s1. The normalized spacial score (nSPS) is 24.2. The molecule has 0 aliphatic carbocycles. The molecule has 2 aliphatic rings. The van der Waals surface area contributed by atoms with Gasteiger partial charge in [-0.2, -0.15) is 0 Å². The Hall–Kier alpha value is -1.80. The highest BCUT2D eigenvalue weighted by atomic mass is 15.2. The zero-order chi connectivity index (χ0) is 15.8. The molecule has 0 amide bonds. The Morgan fingerprint density at radius 3 is 2.74 bits per heavy atom. The van der Waals surface area contributed by atoms with Gasteiger partial charge in [-0.1, -0.05) is 48.0 Å².